The third-order valence-electron chi connectivity index (χ3n) is 4.27. The molecule has 0 atom stereocenters. The maximum absolute atomic E-state index is 11.5. The summed E-state index contributed by atoms with van der Waals surface area (Å²) in [5, 5.41) is 6.00. The van der Waals surface area contributed by atoms with E-state index in [0.717, 1.165) is 28.2 Å². The Hall–Kier alpha value is -2.82. The third-order valence-corrected chi connectivity index (χ3v) is 4.27. The van der Waals surface area contributed by atoms with Crippen LogP contribution in [-0.4, -0.2) is 17.9 Å². The van der Waals surface area contributed by atoms with Crippen molar-refractivity contribution in [2.24, 2.45) is 0 Å². The second-order valence-electron chi connectivity index (χ2n) is 6.14. The van der Waals surface area contributed by atoms with Crippen molar-refractivity contribution < 1.29 is 9.21 Å². The molecule has 1 amide bonds. The number of carbonyl (C=O) groups excluding carboxylic acids is 1. The highest BCUT2D eigenvalue weighted by Crippen LogP contribution is 2.40. The molecule has 0 aliphatic heterocycles. The molecular weight excluding hydrogens is 302 g/mol. The monoisotopic (exact) mass is 321 g/mol. The smallest absolute Gasteiger partial charge is 0.251 e. The van der Waals surface area contributed by atoms with Crippen LogP contribution in [0.1, 0.15) is 40.6 Å². The van der Waals surface area contributed by atoms with Crippen molar-refractivity contribution >= 4 is 22.7 Å². The van der Waals surface area contributed by atoms with Crippen LogP contribution in [0.4, 0.5) is 5.69 Å². The Bertz CT molecular complexity index is 879. The average molecular weight is 321 g/mol. The summed E-state index contributed by atoms with van der Waals surface area (Å²) in [5.74, 6) is 1.32. The SMILES string of the molecule is CNC(=O)c1ccc(CNc2ccc3nc(C4CC4)oc3c2)cc1. The molecule has 5 nitrogen and oxygen atoms in total. The van der Waals surface area contributed by atoms with E-state index in [2.05, 4.69) is 15.6 Å². The third kappa shape index (κ3) is 2.97. The van der Waals surface area contributed by atoms with Gasteiger partial charge < -0.3 is 15.1 Å². The number of fused-ring (bicyclic) bond motifs is 1. The Morgan fingerprint density at radius 2 is 2.00 bits per heavy atom. The summed E-state index contributed by atoms with van der Waals surface area (Å²) in [6.07, 6.45) is 2.37. The van der Waals surface area contributed by atoms with Crippen molar-refractivity contribution in [3.05, 3.63) is 59.5 Å². The lowest BCUT2D eigenvalue weighted by molar-refractivity contribution is 0.0963. The van der Waals surface area contributed by atoms with Crippen molar-refractivity contribution in [3.63, 3.8) is 0 Å². The highest BCUT2D eigenvalue weighted by Gasteiger charge is 2.28. The standard InChI is InChI=1S/C19H19N3O2/c1-20-18(23)13-4-2-12(3-5-13)11-21-15-8-9-16-17(10-15)24-19(22-16)14-6-7-14/h2-5,8-10,14,21H,6-7,11H2,1H3,(H,20,23). The first kappa shape index (κ1) is 14.8. The molecule has 1 fully saturated rings. The Labute approximate surface area is 140 Å². The van der Waals surface area contributed by atoms with Crippen LogP contribution in [0.3, 0.4) is 0 Å². The molecule has 0 spiro atoms. The number of hydrogen-bond donors (Lipinski definition) is 2. The van der Waals surface area contributed by atoms with Gasteiger partial charge >= 0.3 is 0 Å². The van der Waals surface area contributed by atoms with Crippen LogP contribution in [0.25, 0.3) is 11.1 Å². The van der Waals surface area contributed by atoms with E-state index in [-0.39, 0.29) is 5.91 Å². The van der Waals surface area contributed by atoms with Crippen LogP contribution < -0.4 is 10.6 Å². The number of anilines is 1. The van der Waals surface area contributed by atoms with Crippen molar-refractivity contribution in [3.8, 4) is 0 Å². The summed E-state index contributed by atoms with van der Waals surface area (Å²) < 4.78 is 5.84. The molecule has 1 saturated carbocycles. The Morgan fingerprint density at radius 3 is 2.71 bits per heavy atom. The highest BCUT2D eigenvalue weighted by molar-refractivity contribution is 5.93. The van der Waals surface area contributed by atoms with E-state index in [4.69, 9.17) is 4.42 Å². The van der Waals surface area contributed by atoms with Gasteiger partial charge in [-0.15, -0.1) is 0 Å². The zero-order valence-electron chi connectivity index (χ0n) is 13.5. The van der Waals surface area contributed by atoms with E-state index in [1.54, 1.807) is 7.05 Å². The molecule has 122 valence electrons. The van der Waals surface area contributed by atoms with Gasteiger partial charge in [-0.2, -0.15) is 0 Å². The number of oxazole rings is 1. The number of carbonyl (C=O) groups is 1. The average Bonchev–Trinajstić information content (AvgIpc) is 3.39. The molecule has 1 aliphatic rings. The summed E-state index contributed by atoms with van der Waals surface area (Å²) in [6, 6.07) is 13.6. The van der Waals surface area contributed by atoms with Gasteiger partial charge in [0.2, 0.25) is 0 Å². The molecule has 0 bridgehead atoms. The number of amides is 1. The van der Waals surface area contributed by atoms with E-state index in [1.807, 2.05) is 42.5 Å². The first-order valence-electron chi connectivity index (χ1n) is 8.18. The molecule has 1 aromatic heterocycles. The summed E-state index contributed by atoms with van der Waals surface area (Å²) in [7, 11) is 1.63. The lowest BCUT2D eigenvalue weighted by Crippen LogP contribution is -2.17. The second kappa shape index (κ2) is 6.00. The Kier molecular flexibility index (Phi) is 3.69. The predicted molar refractivity (Wildman–Crippen MR) is 93.1 cm³/mol. The molecule has 0 saturated heterocycles. The summed E-state index contributed by atoms with van der Waals surface area (Å²) in [6.45, 7) is 0.684. The van der Waals surface area contributed by atoms with Crippen molar-refractivity contribution in [2.45, 2.75) is 25.3 Å². The minimum absolute atomic E-state index is 0.0725. The van der Waals surface area contributed by atoms with Gasteiger partial charge in [0.1, 0.15) is 5.52 Å². The molecular formula is C19H19N3O2. The van der Waals surface area contributed by atoms with Gasteiger partial charge in [-0.3, -0.25) is 4.79 Å². The Morgan fingerprint density at radius 1 is 1.21 bits per heavy atom. The number of aromatic nitrogens is 1. The molecule has 0 unspecified atom stereocenters. The molecule has 2 aromatic carbocycles. The maximum Gasteiger partial charge on any atom is 0.251 e. The molecule has 24 heavy (non-hydrogen) atoms. The fourth-order valence-corrected chi connectivity index (χ4v) is 2.68. The van der Waals surface area contributed by atoms with Gasteiger partial charge in [-0.1, -0.05) is 12.1 Å². The van der Waals surface area contributed by atoms with E-state index in [1.165, 1.54) is 12.8 Å². The lowest BCUT2D eigenvalue weighted by Gasteiger charge is -2.07. The maximum atomic E-state index is 11.5. The lowest BCUT2D eigenvalue weighted by atomic mass is 10.1. The minimum Gasteiger partial charge on any atom is -0.440 e. The number of nitrogens with zero attached hydrogens (tertiary/aromatic N) is 1. The van der Waals surface area contributed by atoms with Gasteiger partial charge in [-0.25, -0.2) is 4.98 Å². The van der Waals surface area contributed by atoms with E-state index in [0.29, 0.717) is 18.0 Å². The predicted octanol–water partition coefficient (Wildman–Crippen LogP) is 3.68. The van der Waals surface area contributed by atoms with Gasteiger partial charge in [0.15, 0.2) is 11.5 Å². The minimum atomic E-state index is -0.0725. The van der Waals surface area contributed by atoms with Crippen LogP contribution in [0.2, 0.25) is 0 Å². The number of rotatable bonds is 5. The largest absolute Gasteiger partial charge is 0.440 e. The first-order valence-corrected chi connectivity index (χ1v) is 8.18. The Balaban J connectivity index is 1.45. The van der Waals surface area contributed by atoms with Crippen molar-refractivity contribution in [2.75, 3.05) is 12.4 Å². The molecule has 5 heteroatoms. The molecule has 3 aromatic rings. The highest BCUT2D eigenvalue weighted by atomic mass is 16.3. The van der Waals surface area contributed by atoms with Crippen LogP contribution in [0.5, 0.6) is 0 Å². The summed E-state index contributed by atoms with van der Waals surface area (Å²) in [5.41, 5.74) is 4.52. The fraction of sp³-hybridized carbons (Fsp3) is 0.263. The summed E-state index contributed by atoms with van der Waals surface area (Å²) >= 11 is 0. The fourth-order valence-electron chi connectivity index (χ4n) is 2.68. The molecule has 2 N–H and O–H groups in total. The molecule has 0 radical (unpaired) electrons. The van der Waals surface area contributed by atoms with Crippen LogP contribution in [0, 0.1) is 0 Å². The van der Waals surface area contributed by atoms with Crippen molar-refractivity contribution in [1.29, 1.82) is 0 Å². The van der Waals surface area contributed by atoms with Gasteiger partial charge in [0.05, 0.1) is 0 Å². The second-order valence-corrected chi connectivity index (χ2v) is 6.14. The first-order chi connectivity index (χ1) is 11.7. The zero-order valence-corrected chi connectivity index (χ0v) is 13.5. The van der Waals surface area contributed by atoms with Crippen LogP contribution in [-0.2, 0) is 6.54 Å². The number of nitrogens with one attached hydrogen (secondary N) is 2. The van der Waals surface area contributed by atoms with Gasteiger partial charge in [0.25, 0.3) is 5.91 Å². The molecule has 4 rings (SSSR count). The van der Waals surface area contributed by atoms with E-state index < -0.39 is 0 Å². The number of benzene rings is 2. The van der Waals surface area contributed by atoms with Crippen molar-refractivity contribution in [1.82, 2.24) is 10.3 Å². The quantitative estimate of drug-likeness (QED) is 0.752. The zero-order chi connectivity index (χ0) is 16.5. The van der Waals surface area contributed by atoms with E-state index in [9.17, 15) is 4.79 Å². The number of hydrogen-bond acceptors (Lipinski definition) is 4. The normalized spacial score (nSPS) is 13.9. The topological polar surface area (TPSA) is 67.2 Å². The van der Waals surface area contributed by atoms with Crippen LogP contribution in [0.15, 0.2) is 46.9 Å². The van der Waals surface area contributed by atoms with Gasteiger partial charge in [0, 0.05) is 36.8 Å². The molecule has 1 aliphatic carbocycles. The van der Waals surface area contributed by atoms with Gasteiger partial charge in [-0.05, 0) is 42.7 Å². The van der Waals surface area contributed by atoms with E-state index >= 15 is 0 Å². The van der Waals surface area contributed by atoms with Crippen LogP contribution >= 0.6 is 0 Å². The molecule has 1 heterocycles. The summed E-state index contributed by atoms with van der Waals surface area (Å²) in [4.78, 5) is 16.1.